The number of nitro benzene ring substituents is 1. The minimum absolute atomic E-state index is 0.0712. The Hall–Kier alpha value is -2.20. The van der Waals surface area contributed by atoms with E-state index in [0.717, 1.165) is 16.7 Å². The summed E-state index contributed by atoms with van der Waals surface area (Å²) in [6.45, 7) is 5.59. The maximum absolute atomic E-state index is 10.8. The van der Waals surface area contributed by atoms with Gasteiger partial charge in [0.25, 0.3) is 5.69 Å². The fraction of sp³-hybridized carbons (Fsp3) is 0.250. The van der Waals surface area contributed by atoms with Crippen LogP contribution in [-0.2, 0) is 0 Å². The van der Waals surface area contributed by atoms with Gasteiger partial charge in [0.2, 0.25) is 0 Å². The van der Waals surface area contributed by atoms with Crippen LogP contribution in [0.4, 0.5) is 5.69 Å². The first-order valence-corrected chi connectivity index (χ1v) is 6.40. The zero-order chi connectivity index (χ0) is 14.9. The highest BCUT2D eigenvalue weighted by molar-refractivity contribution is 5.45. The summed E-state index contributed by atoms with van der Waals surface area (Å²) in [4.78, 5) is 10.4. The molecule has 4 heteroatoms. The second-order valence-electron chi connectivity index (χ2n) is 5.07. The van der Waals surface area contributed by atoms with Crippen LogP contribution in [-0.4, -0.2) is 10.0 Å². The Balaban J connectivity index is 2.43. The Bertz CT molecular complexity index is 665. The molecule has 1 N–H and O–H groups in total. The number of aliphatic hydroxyl groups excluding tert-OH is 1. The zero-order valence-electron chi connectivity index (χ0n) is 11.8. The number of aliphatic hydroxyl groups is 1. The van der Waals surface area contributed by atoms with Crippen molar-refractivity contribution in [3.63, 3.8) is 0 Å². The van der Waals surface area contributed by atoms with Crippen molar-refractivity contribution in [2.75, 3.05) is 0 Å². The molecular formula is C16H17NO3. The topological polar surface area (TPSA) is 63.4 Å². The number of nitrogens with zero attached hydrogens (tertiary/aromatic N) is 1. The maximum atomic E-state index is 10.8. The Morgan fingerprint density at radius 1 is 1.05 bits per heavy atom. The highest BCUT2D eigenvalue weighted by Gasteiger charge is 2.17. The summed E-state index contributed by atoms with van der Waals surface area (Å²) in [6, 6.07) is 10.6. The lowest BCUT2D eigenvalue weighted by Gasteiger charge is -2.15. The summed E-state index contributed by atoms with van der Waals surface area (Å²) < 4.78 is 0. The summed E-state index contributed by atoms with van der Waals surface area (Å²) in [6.07, 6.45) is -0.769. The quantitative estimate of drug-likeness (QED) is 0.685. The number of hydrogen-bond donors (Lipinski definition) is 1. The molecular weight excluding hydrogens is 254 g/mol. The second kappa shape index (κ2) is 5.43. The van der Waals surface area contributed by atoms with E-state index >= 15 is 0 Å². The lowest BCUT2D eigenvalue weighted by Crippen LogP contribution is -2.03. The van der Waals surface area contributed by atoms with E-state index in [-0.39, 0.29) is 5.69 Å². The summed E-state index contributed by atoms with van der Waals surface area (Å²) >= 11 is 0. The fourth-order valence-corrected chi connectivity index (χ4v) is 2.29. The highest BCUT2D eigenvalue weighted by Crippen LogP contribution is 2.28. The number of nitro groups is 1. The third kappa shape index (κ3) is 2.70. The van der Waals surface area contributed by atoms with E-state index in [4.69, 9.17) is 0 Å². The van der Waals surface area contributed by atoms with Crippen LogP contribution in [0.3, 0.4) is 0 Å². The van der Waals surface area contributed by atoms with E-state index in [1.165, 1.54) is 6.07 Å². The van der Waals surface area contributed by atoms with Crippen LogP contribution in [0.5, 0.6) is 0 Å². The van der Waals surface area contributed by atoms with Crippen LogP contribution in [0.1, 0.15) is 33.9 Å². The van der Waals surface area contributed by atoms with E-state index in [1.807, 2.05) is 32.0 Å². The number of benzene rings is 2. The molecule has 0 saturated carbocycles. The predicted molar refractivity (Wildman–Crippen MR) is 77.8 cm³/mol. The summed E-state index contributed by atoms with van der Waals surface area (Å²) in [5.41, 5.74) is 4.20. The van der Waals surface area contributed by atoms with Crippen molar-refractivity contribution in [2.45, 2.75) is 26.9 Å². The molecule has 0 aliphatic heterocycles. The minimum atomic E-state index is -0.769. The first-order chi connectivity index (χ1) is 9.40. The van der Waals surface area contributed by atoms with Crippen molar-refractivity contribution in [2.24, 2.45) is 0 Å². The van der Waals surface area contributed by atoms with Crippen molar-refractivity contribution >= 4 is 5.69 Å². The van der Waals surface area contributed by atoms with E-state index < -0.39 is 11.0 Å². The van der Waals surface area contributed by atoms with Crippen LogP contribution in [0.25, 0.3) is 0 Å². The third-order valence-electron chi connectivity index (χ3n) is 3.46. The zero-order valence-corrected chi connectivity index (χ0v) is 11.8. The average Bonchev–Trinajstić information content (AvgIpc) is 2.40. The van der Waals surface area contributed by atoms with Crippen molar-refractivity contribution in [3.05, 3.63) is 74.3 Å². The SMILES string of the molecule is Cc1ccc(C)c([C@H](O)c2ccc([N+](=O)[O-])c(C)c2)c1. The molecule has 2 rings (SSSR count). The van der Waals surface area contributed by atoms with Gasteiger partial charge in [-0.05, 0) is 49.6 Å². The smallest absolute Gasteiger partial charge is 0.272 e. The van der Waals surface area contributed by atoms with E-state index in [1.54, 1.807) is 19.1 Å². The molecule has 0 bridgehead atoms. The molecule has 2 aromatic carbocycles. The van der Waals surface area contributed by atoms with Gasteiger partial charge in [-0.1, -0.05) is 23.8 Å². The monoisotopic (exact) mass is 271 g/mol. The fourth-order valence-electron chi connectivity index (χ4n) is 2.29. The first-order valence-electron chi connectivity index (χ1n) is 6.40. The molecule has 104 valence electrons. The van der Waals surface area contributed by atoms with Gasteiger partial charge in [0.15, 0.2) is 0 Å². The van der Waals surface area contributed by atoms with Crippen LogP contribution in [0, 0.1) is 30.9 Å². The normalized spacial score (nSPS) is 12.2. The molecule has 0 aliphatic carbocycles. The Morgan fingerprint density at radius 3 is 2.35 bits per heavy atom. The first kappa shape index (κ1) is 14.2. The van der Waals surface area contributed by atoms with Gasteiger partial charge in [0, 0.05) is 11.6 Å². The van der Waals surface area contributed by atoms with Gasteiger partial charge in [0.1, 0.15) is 6.10 Å². The standard InChI is InChI=1S/C16H17NO3/c1-10-4-5-11(2)14(8-10)16(18)13-6-7-15(17(19)20)12(3)9-13/h4-9,16,18H,1-3H3/t16-/m1/s1. The number of rotatable bonds is 3. The molecule has 0 saturated heterocycles. The minimum Gasteiger partial charge on any atom is -0.384 e. The van der Waals surface area contributed by atoms with Crippen LogP contribution in [0.2, 0.25) is 0 Å². The van der Waals surface area contributed by atoms with Crippen LogP contribution >= 0.6 is 0 Å². The molecule has 1 atom stereocenters. The molecule has 0 radical (unpaired) electrons. The maximum Gasteiger partial charge on any atom is 0.272 e. The Kier molecular flexibility index (Phi) is 3.86. The molecule has 0 amide bonds. The van der Waals surface area contributed by atoms with Gasteiger partial charge in [-0.25, -0.2) is 0 Å². The lowest BCUT2D eigenvalue weighted by molar-refractivity contribution is -0.385. The van der Waals surface area contributed by atoms with E-state index in [0.29, 0.717) is 11.1 Å². The number of hydrogen-bond acceptors (Lipinski definition) is 3. The van der Waals surface area contributed by atoms with E-state index in [9.17, 15) is 15.2 Å². The van der Waals surface area contributed by atoms with Gasteiger partial charge >= 0.3 is 0 Å². The summed E-state index contributed by atoms with van der Waals surface area (Å²) in [5, 5.41) is 21.3. The molecule has 0 fully saturated rings. The Morgan fingerprint density at radius 2 is 1.75 bits per heavy atom. The summed E-state index contributed by atoms with van der Waals surface area (Å²) in [7, 11) is 0. The molecule has 0 aromatic heterocycles. The molecule has 0 heterocycles. The molecule has 0 unspecified atom stereocenters. The summed E-state index contributed by atoms with van der Waals surface area (Å²) in [5.74, 6) is 0. The van der Waals surface area contributed by atoms with Gasteiger partial charge in [-0.3, -0.25) is 10.1 Å². The predicted octanol–water partition coefficient (Wildman–Crippen LogP) is 3.60. The Labute approximate surface area is 117 Å². The van der Waals surface area contributed by atoms with Gasteiger partial charge in [0.05, 0.1) is 4.92 Å². The van der Waals surface area contributed by atoms with Gasteiger partial charge < -0.3 is 5.11 Å². The molecule has 0 aliphatic rings. The molecule has 0 spiro atoms. The molecule has 4 nitrogen and oxygen atoms in total. The largest absolute Gasteiger partial charge is 0.384 e. The van der Waals surface area contributed by atoms with Gasteiger partial charge in [-0.15, -0.1) is 0 Å². The van der Waals surface area contributed by atoms with Crippen molar-refractivity contribution in [1.82, 2.24) is 0 Å². The average molecular weight is 271 g/mol. The van der Waals surface area contributed by atoms with Crippen molar-refractivity contribution < 1.29 is 10.0 Å². The highest BCUT2D eigenvalue weighted by atomic mass is 16.6. The van der Waals surface area contributed by atoms with Crippen LogP contribution < -0.4 is 0 Å². The molecule has 2 aromatic rings. The van der Waals surface area contributed by atoms with E-state index in [2.05, 4.69) is 0 Å². The number of aryl methyl sites for hydroxylation is 3. The second-order valence-corrected chi connectivity index (χ2v) is 5.07. The van der Waals surface area contributed by atoms with Crippen LogP contribution in [0.15, 0.2) is 36.4 Å². The van der Waals surface area contributed by atoms with Crippen molar-refractivity contribution in [3.8, 4) is 0 Å². The third-order valence-corrected chi connectivity index (χ3v) is 3.46. The van der Waals surface area contributed by atoms with Gasteiger partial charge in [-0.2, -0.15) is 0 Å². The van der Waals surface area contributed by atoms with Crippen molar-refractivity contribution in [1.29, 1.82) is 0 Å². The lowest BCUT2D eigenvalue weighted by atomic mass is 9.95. The molecule has 20 heavy (non-hydrogen) atoms.